The summed E-state index contributed by atoms with van der Waals surface area (Å²) in [4.78, 5) is 12.0. The molecule has 0 fully saturated rings. The third-order valence-corrected chi connectivity index (χ3v) is 2.02. The first kappa shape index (κ1) is 9.45. The summed E-state index contributed by atoms with van der Waals surface area (Å²) in [6.45, 7) is 0.611. The van der Waals surface area contributed by atoms with Crippen LogP contribution in [-0.4, -0.2) is 19.5 Å². The smallest absolute Gasteiger partial charge is 0.221 e. The normalized spacial score (nSPS) is 10.2. The zero-order valence-corrected chi connectivity index (χ0v) is 8.38. The maximum absolute atomic E-state index is 5.45. The molecule has 0 aromatic carbocycles. The Balaban J connectivity index is 2.02. The van der Waals surface area contributed by atoms with Gasteiger partial charge in [-0.25, -0.2) is 9.97 Å². The fourth-order valence-corrected chi connectivity index (χ4v) is 1.21. The molecule has 6 nitrogen and oxygen atoms in total. The number of hydrogen-bond donors (Lipinski definition) is 2. The van der Waals surface area contributed by atoms with E-state index in [2.05, 4.69) is 20.3 Å². The molecule has 0 aliphatic heterocycles. The number of aryl methyl sites for hydroxylation is 1. The van der Waals surface area contributed by atoms with Gasteiger partial charge in [0, 0.05) is 25.6 Å². The Morgan fingerprint density at radius 1 is 1.40 bits per heavy atom. The Kier molecular flexibility index (Phi) is 2.49. The van der Waals surface area contributed by atoms with Crippen LogP contribution in [0.25, 0.3) is 0 Å². The van der Waals surface area contributed by atoms with Crippen LogP contribution in [0.1, 0.15) is 5.82 Å². The van der Waals surface area contributed by atoms with Gasteiger partial charge in [0.1, 0.15) is 11.6 Å². The van der Waals surface area contributed by atoms with Crippen molar-refractivity contribution < 1.29 is 0 Å². The molecule has 2 aromatic heterocycles. The largest absolute Gasteiger partial charge is 0.368 e. The van der Waals surface area contributed by atoms with Gasteiger partial charge in [0.05, 0.1) is 6.54 Å². The second kappa shape index (κ2) is 3.95. The van der Waals surface area contributed by atoms with Gasteiger partial charge < -0.3 is 15.6 Å². The molecule has 0 spiro atoms. The van der Waals surface area contributed by atoms with E-state index in [1.54, 1.807) is 18.5 Å². The highest BCUT2D eigenvalue weighted by molar-refractivity contribution is 5.37. The van der Waals surface area contributed by atoms with E-state index in [0.717, 1.165) is 5.82 Å². The fourth-order valence-electron chi connectivity index (χ4n) is 1.21. The zero-order chi connectivity index (χ0) is 10.7. The third kappa shape index (κ3) is 2.22. The molecule has 2 heterocycles. The minimum absolute atomic E-state index is 0.264. The van der Waals surface area contributed by atoms with Gasteiger partial charge >= 0.3 is 0 Å². The zero-order valence-electron chi connectivity index (χ0n) is 8.38. The molecule has 0 unspecified atom stereocenters. The highest BCUT2D eigenvalue weighted by Gasteiger charge is 1.99. The lowest BCUT2D eigenvalue weighted by Crippen LogP contribution is -2.07. The number of hydrogen-bond acceptors (Lipinski definition) is 5. The van der Waals surface area contributed by atoms with Gasteiger partial charge in [0.25, 0.3) is 0 Å². The Morgan fingerprint density at radius 2 is 2.27 bits per heavy atom. The number of imidazole rings is 1. The Hall–Kier alpha value is -2.11. The van der Waals surface area contributed by atoms with Crippen LogP contribution in [0.3, 0.4) is 0 Å². The molecule has 0 amide bonds. The summed E-state index contributed by atoms with van der Waals surface area (Å²) in [5, 5.41) is 3.11. The molecule has 0 bridgehead atoms. The van der Waals surface area contributed by atoms with Crippen LogP contribution in [0, 0.1) is 0 Å². The summed E-state index contributed by atoms with van der Waals surface area (Å²) >= 11 is 0. The standard InChI is InChI=1S/C9H12N6/c1-15-5-4-11-8(15)6-13-7-2-3-12-9(10)14-7/h2-5H,6H2,1H3,(H3,10,12,13,14). The van der Waals surface area contributed by atoms with Gasteiger partial charge in [0.2, 0.25) is 5.95 Å². The van der Waals surface area contributed by atoms with Crippen molar-refractivity contribution in [1.29, 1.82) is 0 Å². The van der Waals surface area contributed by atoms with Gasteiger partial charge in [-0.15, -0.1) is 0 Å². The van der Waals surface area contributed by atoms with Gasteiger partial charge in [-0.3, -0.25) is 0 Å². The number of rotatable bonds is 3. The lowest BCUT2D eigenvalue weighted by Gasteiger charge is -2.05. The van der Waals surface area contributed by atoms with Crippen LogP contribution < -0.4 is 11.1 Å². The van der Waals surface area contributed by atoms with Crippen molar-refractivity contribution in [3.05, 3.63) is 30.5 Å². The van der Waals surface area contributed by atoms with Crippen molar-refractivity contribution in [2.24, 2.45) is 7.05 Å². The van der Waals surface area contributed by atoms with Gasteiger partial charge in [-0.2, -0.15) is 4.98 Å². The van der Waals surface area contributed by atoms with Crippen LogP contribution in [0.2, 0.25) is 0 Å². The van der Waals surface area contributed by atoms with E-state index >= 15 is 0 Å². The monoisotopic (exact) mass is 204 g/mol. The van der Waals surface area contributed by atoms with Crippen LogP contribution >= 0.6 is 0 Å². The summed E-state index contributed by atoms with van der Waals surface area (Å²) in [5.41, 5.74) is 5.45. The van der Waals surface area contributed by atoms with Crippen molar-refractivity contribution in [2.75, 3.05) is 11.1 Å². The molecule has 2 rings (SSSR count). The topological polar surface area (TPSA) is 81.7 Å². The van der Waals surface area contributed by atoms with E-state index in [1.165, 1.54) is 0 Å². The van der Waals surface area contributed by atoms with E-state index < -0.39 is 0 Å². The van der Waals surface area contributed by atoms with Crippen molar-refractivity contribution >= 4 is 11.8 Å². The minimum Gasteiger partial charge on any atom is -0.368 e. The van der Waals surface area contributed by atoms with Crippen molar-refractivity contribution in [3.63, 3.8) is 0 Å². The van der Waals surface area contributed by atoms with E-state index in [4.69, 9.17) is 5.73 Å². The Morgan fingerprint density at radius 3 is 2.93 bits per heavy atom. The summed E-state index contributed by atoms with van der Waals surface area (Å²) in [6, 6.07) is 1.76. The van der Waals surface area contributed by atoms with Crippen molar-refractivity contribution in [2.45, 2.75) is 6.54 Å². The van der Waals surface area contributed by atoms with Gasteiger partial charge in [-0.1, -0.05) is 0 Å². The lowest BCUT2D eigenvalue weighted by atomic mass is 10.5. The fraction of sp³-hybridized carbons (Fsp3) is 0.222. The molecule has 0 atom stereocenters. The molecule has 0 saturated heterocycles. The number of nitrogen functional groups attached to an aromatic ring is 1. The first-order valence-corrected chi connectivity index (χ1v) is 4.54. The van der Waals surface area contributed by atoms with Gasteiger partial charge in [0.15, 0.2) is 0 Å². The summed E-state index contributed by atoms with van der Waals surface area (Å²) in [7, 11) is 1.94. The highest BCUT2D eigenvalue weighted by atomic mass is 15.1. The highest BCUT2D eigenvalue weighted by Crippen LogP contribution is 2.04. The van der Waals surface area contributed by atoms with Crippen LogP contribution in [0.5, 0.6) is 0 Å². The number of aromatic nitrogens is 4. The predicted molar refractivity (Wildman–Crippen MR) is 57.0 cm³/mol. The average Bonchev–Trinajstić information content (AvgIpc) is 2.61. The number of anilines is 2. The van der Waals surface area contributed by atoms with Crippen LogP contribution in [0.4, 0.5) is 11.8 Å². The van der Waals surface area contributed by atoms with Gasteiger partial charge in [-0.05, 0) is 6.07 Å². The Labute approximate surface area is 87.2 Å². The Bertz CT molecular complexity index is 449. The van der Waals surface area contributed by atoms with E-state index in [-0.39, 0.29) is 5.95 Å². The van der Waals surface area contributed by atoms with E-state index in [0.29, 0.717) is 12.4 Å². The lowest BCUT2D eigenvalue weighted by molar-refractivity contribution is 0.810. The number of nitrogens with two attached hydrogens (primary N) is 1. The molecular formula is C9H12N6. The molecule has 0 aliphatic rings. The molecule has 0 saturated carbocycles. The molecule has 15 heavy (non-hydrogen) atoms. The molecule has 6 heteroatoms. The quantitative estimate of drug-likeness (QED) is 0.756. The molecule has 78 valence electrons. The SMILES string of the molecule is Cn1ccnc1CNc1ccnc(N)n1. The molecule has 0 aliphatic carbocycles. The van der Waals surface area contributed by atoms with Crippen LogP contribution in [-0.2, 0) is 13.6 Å². The van der Waals surface area contributed by atoms with Crippen LogP contribution in [0.15, 0.2) is 24.7 Å². The van der Waals surface area contributed by atoms with E-state index in [9.17, 15) is 0 Å². The molecule has 2 aromatic rings. The molecule has 3 N–H and O–H groups in total. The number of nitrogens with one attached hydrogen (secondary N) is 1. The average molecular weight is 204 g/mol. The summed E-state index contributed by atoms with van der Waals surface area (Å²) in [5.74, 6) is 1.90. The maximum atomic E-state index is 5.45. The van der Waals surface area contributed by atoms with Crippen molar-refractivity contribution in [3.8, 4) is 0 Å². The summed E-state index contributed by atoms with van der Waals surface area (Å²) < 4.78 is 1.94. The molecular weight excluding hydrogens is 192 g/mol. The number of nitrogens with zero attached hydrogens (tertiary/aromatic N) is 4. The first-order valence-electron chi connectivity index (χ1n) is 4.54. The maximum Gasteiger partial charge on any atom is 0.221 e. The minimum atomic E-state index is 0.264. The second-order valence-electron chi connectivity index (χ2n) is 3.11. The summed E-state index contributed by atoms with van der Waals surface area (Å²) in [6.07, 6.45) is 5.26. The predicted octanol–water partition coefficient (Wildman–Crippen LogP) is 0.404. The molecule has 0 radical (unpaired) electrons. The third-order valence-electron chi connectivity index (χ3n) is 2.02. The van der Waals surface area contributed by atoms with E-state index in [1.807, 2.05) is 17.8 Å². The van der Waals surface area contributed by atoms with Crippen molar-refractivity contribution in [1.82, 2.24) is 19.5 Å². The first-order chi connectivity index (χ1) is 7.25. The second-order valence-corrected chi connectivity index (χ2v) is 3.11.